The number of hydrazone groups is 2. The fourth-order valence-corrected chi connectivity index (χ4v) is 2.19. The van der Waals surface area contributed by atoms with Gasteiger partial charge in [0.15, 0.2) is 0 Å². The summed E-state index contributed by atoms with van der Waals surface area (Å²) >= 11 is 0. The van der Waals surface area contributed by atoms with Crippen molar-refractivity contribution in [2.75, 3.05) is 0 Å². The normalized spacial score (nSPS) is 11.5. The van der Waals surface area contributed by atoms with E-state index < -0.39 is 21.7 Å². The molecule has 154 valence electrons. The number of nitrogens with one attached hydrogen (secondary N) is 2. The lowest BCUT2D eigenvalue weighted by Crippen LogP contribution is -2.36. The summed E-state index contributed by atoms with van der Waals surface area (Å²) < 4.78 is 0. The lowest BCUT2D eigenvalue weighted by molar-refractivity contribution is -0.385. The second-order valence-corrected chi connectivity index (χ2v) is 5.89. The molecule has 0 heterocycles. The molecule has 0 saturated carbocycles. The van der Waals surface area contributed by atoms with Crippen molar-refractivity contribution in [1.82, 2.24) is 10.9 Å². The van der Waals surface area contributed by atoms with Gasteiger partial charge < -0.3 is 0 Å². The summed E-state index contributed by atoms with van der Waals surface area (Å²) in [4.78, 5) is 44.2. The molecular weight excluding hydrogens is 396 g/mol. The van der Waals surface area contributed by atoms with Crippen LogP contribution in [0.4, 0.5) is 11.4 Å². The number of benzene rings is 2. The van der Waals surface area contributed by atoms with Crippen LogP contribution in [-0.2, 0) is 9.59 Å². The highest BCUT2D eigenvalue weighted by molar-refractivity contribution is 6.35. The average molecular weight is 412 g/mol. The molecule has 0 fully saturated rings. The van der Waals surface area contributed by atoms with E-state index in [0.717, 1.165) is 0 Å². The fraction of sp³-hybridized carbons (Fsp3) is 0.111. The van der Waals surface area contributed by atoms with Crippen molar-refractivity contribution in [3.8, 4) is 0 Å². The quantitative estimate of drug-likeness (QED) is 0.317. The van der Waals surface area contributed by atoms with Crippen LogP contribution >= 0.6 is 0 Å². The summed E-state index contributed by atoms with van der Waals surface area (Å²) in [7, 11) is 0. The second-order valence-electron chi connectivity index (χ2n) is 5.89. The van der Waals surface area contributed by atoms with Crippen molar-refractivity contribution < 1.29 is 19.4 Å². The first-order valence-electron chi connectivity index (χ1n) is 8.37. The number of nitro groups is 2. The van der Waals surface area contributed by atoms with E-state index in [1.165, 1.54) is 50.2 Å². The molecule has 0 aromatic heterocycles. The molecule has 2 N–H and O–H groups in total. The first-order chi connectivity index (χ1) is 14.2. The summed E-state index contributed by atoms with van der Waals surface area (Å²) in [5, 5.41) is 29.1. The number of nitro benzene ring substituents is 2. The molecule has 0 bridgehead atoms. The van der Waals surface area contributed by atoms with Crippen molar-refractivity contribution in [3.63, 3.8) is 0 Å². The van der Waals surface area contributed by atoms with Gasteiger partial charge in [-0.2, -0.15) is 10.2 Å². The number of rotatable bonds is 6. The maximum absolute atomic E-state index is 11.8. The number of amides is 2. The number of non-ortho nitro benzene ring substituents is 2. The van der Waals surface area contributed by atoms with Crippen LogP contribution in [0.5, 0.6) is 0 Å². The van der Waals surface area contributed by atoms with E-state index in [-0.39, 0.29) is 22.8 Å². The lowest BCUT2D eigenvalue weighted by Gasteiger charge is -2.04. The molecule has 2 aromatic carbocycles. The van der Waals surface area contributed by atoms with E-state index in [9.17, 15) is 29.8 Å². The van der Waals surface area contributed by atoms with Crippen molar-refractivity contribution in [3.05, 3.63) is 79.9 Å². The largest absolute Gasteiger partial charge is 0.331 e. The van der Waals surface area contributed by atoms with Crippen molar-refractivity contribution >= 4 is 34.6 Å². The molecule has 0 aliphatic carbocycles. The monoisotopic (exact) mass is 412 g/mol. The van der Waals surface area contributed by atoms with Gasteiger partial charge in [-0.1, -0.05) is 24.3 Å². The topological polar surface area (TPSA) is 169 Å². The highest BCUT2D eigenvalue weighted by Gasteiger charge is 2.14. The van der Waals surface area contributed by atoms with E-state index in [4.69, 9.17) is 0 Å². The summed E-state index contributed by atoms with van der Waals surface area (Å²) in [6.07, 6.45) is 0. The van der Waals surface area contributed by atoms with Crippen LogP contribution in [0.3, 0.4) is 0 Å². The third-order valence-corrected chi connectivity index (χ3v) is 3.81. The molecule has 0 saturated heterocycles. The number of carbonyl (C=O) groups excluding carboxylic acids is 2. The highest BCUT2D eigenvalue weighted by atomic mass is 16.6. The Morgan fingerprint density at radius 3 is 1.47 bits per heavy atom. The Morgan fingerprint density at radius 2 is 1.13 bits per heavy atom. The van der Waals surface area contributed by atoms with E-state index in [1.807, 2.05) is 10.9 Å². The Hall–Kier alpha value is -4.48. The van der Waals surface area contributed by atoms with Gasteiger partial charge in [-0.25, -0.2) is 10.9 Å². The first-order valence-corrected chi connectivity index (χ1v) is 8.37. The Labute approximate surface area is 169 Å². The minimum Gasteiger partial charge on any atom is -0.262 e. The van der Waals surface area contributed by atoms with Crippen LogP contribution in [-0.4, -0.2) is 33.1 Å². The zero-order chi connectivity index (χ0) is 22.3. The van der Waals surface area contributed by atoms with Gasteiger partial charge in [0.25, 0.3) is 11.4 Å². The summed E-state index contributed by atoms with van der Waals surface area (Å²) in [5.74, 6) is -2.23. The molecule has 2 aromatic rings. The van der Waals surface area contributed by atoms with Crippen molar-refractivity contribution in [1.29, 1.82) is 0 Å². The zero-order valence-electron chi connectivity index (χ0n) is 15.9. The fourth-order valence-electron chi connectivity index (χ4n) is 2.19. The number of hydrogen-bond donors (Lipinski definition) is 2. The Kier molecular flexibility index (Phi) is 7.01. The Balaban J connectivity index is 2.01. The zero-order valence-corrected chi connectivity index (χ0v) is 15.9. The lowest BCUT2D eigenvalue weighted by atomic mass is 10.1. The first kappa shape index (κ1) is 21.8. The standard InChI is InChI=1S/C18H16N6O6/c1-11(13-5-3-7-15(9-13)23(27)28)19-21-17(25)18(26)22-20-12(2)14-6-4-8-16(10-14)24(29)30/h3-10H,1-2H3,(H,21,25)(H,22,26)/b19-11-,20-12-. The molecule has 0 radical (unpaired) electrons. The summed E-state index contributed by atoms with van der Waals surface area (Å²) in [6.45, 7) is 3.00. The van der Waals surface area contributed by atoms with Gasteiger partial charge in [-0.3, -0.25) is 29.8 Å². The predicted octanol–water partition coefficient (Wildman–Crippen LogP) is 1.88. The number of carbonyl (C=O) groups is 2. The van der Waals surface area contributed by atoms with E-state index in [2.05, 4.69) is 10.2 Å². The third kappa shape index (κ3) is 5.76. The van der Waals surface area contributed by atoms with Crippen LogP contribution in [0, 0.1) is 20.2 Å². The summed E-state index contributed by atoms with van der Waals surface area (Å²) in [6, 6.07) is 11.2. The minimum atomic E-state index is -1.12. The molecule has 2 amide bonds. The second kappa shape index (κ2) is 9.64. The number of nitrogens with zero attached hydrogens (tertiary/aromatic N) is 4. The third-order valence-electron chi connectivity index (χ3n) is 3.81. The minimum absolute atomic E-state index is 0.142. The van der Waals surface area contributed by atoms with Gasteiger partial charge in [0, 0.05) is 35.4 Å². The molecule has 30 heavy (non-hydrogen) atoms. The van der Waals surface area contributed by atoms with Gasteiger partial charge in [0.05, 0.1) is 21.3 Å². The molecule has 0 aliphatic heterocycles. The van der Waals surface area contributed by atoms with E-state index in [0.29, 0.717) is 11.1 Å². The molecule has 0 spiro atoms. The highest BCUT2D eigenvalue weighted by Crippen LogP contribution is 2.14. The molecule has 0 atom stereocenters. The molecule has 2 rings (SSSR count). The average Bonchev–Trinajstić information content (AvgIpc) is 2.75. The molecule has 12 heteroatoms. The molecule has 12 nitrogen and oxygen atoms in total. The maximum atomic E-state index is 11.8. The van der Waals surface area contributed by atoms with Crippen LogP contribution in [0.1, 0.15) is 25.0 Å². The van der Waals surface area contributed by atoms with Crippen LogP contribution in [0.15, 0.2) is 58.7 Å². The number of hydrogen-bond acceptors (Lipinski definition) is 8. The predicted molar refractivity (Wildman–Crippen MR) is 107 cm³/mol. The van der Waals surface area contributed by atoms with Gasteiger partial charge >= 0.3 is 11.8 Å². The van der Waals surface area contributed by atoms with E-state index in [1.54, 1.807) is 12.1 Å². The van der Waals surface area contributed by atoms with E-state index >= 15 is 0 Å². The summed E-state index contributed by atoms with van der Waals surface area (Å²) in [5.41, 5.74) is 5.05. The van der Waals surface area contributed by atoms with Crippen molar-refractivity contribution in [2.45, 2.75) is 13.8 Å². The smallest absolute Gasteiger partial charge is 0.262 e. The molecular formula is C18H16N6O6. The van der Waals surface area contributed by atoms with Gasteiger partial charge in [-0.15, -0.1) is 0 Å². The van der Waals surface area contributed by atoms with Gasteiger partial charge in [0.1, 0.15) is 0 Å². The molecule has 0 aliphatic rings. The van der Waals surface area contributed by atoms with Crippen LogP contribution in [0.25, 0.3) is 0 Å². The molecule has 0 unspecified atom stereocenters. The van der Waals surface area contributed by atoms with Gasteiger partial charge in [0.2, 0.25) is 0 Å². The maximum Gasteiger partial charge on any atom is 0.331 e. The van der Waals surface area contributed by atoms with Crippen molar-refractivity contribution in [2.24, 2.45) is 10.2 Å². The Bertz CT molecular complexity index is 993. The van der Waals surface area contributed by atoms with Crippen LogP contribution in [0.2, 0.25) is 0 Å². The SMILES string of the molecule is C/C(=N/NC(=O)C(=O)N/N=C(/C)c1cccc([N+](=O)[O-])c1)c1cccc([N+](=O)[O-])c1. The Morgan fingerprint density at radius 1 is 0.767 bits per heavy atom. The van der Waals surface area contributed by atoms with Crippen LogP contribution < -0.4 is 10.9 Å². The van der Waals surface area contributed by atoms with Gasteiger partial charge in [-0.05, 0) is 13.8 Å².